The van der Waals surface area contributed by atoms with Crippen molar-refractivity contribution in [1.82, 2.24) is 4.31 Å². The number of halogens is 2. The highest BCUT2D eigenvalue weighted by Crippen LogP contribution is 2.16. The Morgan fingerprint density at radius 1 is 1.41 bits per heavy atom. The molecule has 0 unspecified atom stereocenters. The lowest BCUT2D eigenvalue weighted by molar-refractivity contribution is 0.427. The molecule has 0 spiro atoms. The Balaban J connectivity index is 3.00. The van der Waals surface area contributed by atoms with E-state index in [1.807, 2.05) is 0 Å². The molecule has 0 aliphatic rings. The lowest BCUT2D eigenvalue weighted by Gasteiger charge is -2.19. The van der Waals surface area contributed by atoms with Gasteiger partial charge >= 0.3 is 0 Å². The predicted molar refractivity (Wildman–Crippen MR) is 66.2 cm³/mol. The highest BCUT2D eigenvalue weighted by atomic mass is 35.5. The molecule has 0 fully saturated rings. The number of benzene rings is 1. The molecule has 0 saturated carbocycles. The van der Waals surface area contributed by atoms with Crippen LogP contribution in [0.4, 0.5) is 4.39 Å². The van der Waals surface area contributed by atoms with Gasteiger partial charge in [-0.1, -0.05) is 13.0 Å². The van der Waals surface area contributed by atoms with Crippen LogP contribution in [-0.2, 0) is 10.0 Å². The van der Waals surface area contributed by atoms with E-state index >= 15 is 0 Å². The van der Waals surface area contributed by atoms with Gasteiger partial charge in [-0.25, -0.2) is 12.8 Å². The molecule has 1 rings (SSSR count). The van der Waals surface area contributed by atoms with Gasteiger partial charge in [0.2, 0.25) is 10.0 Å². The summed E-state index contributed by atoms with van der Waals surface area (Å²) in [6.07, 6.45) is 0.573. The van der Waals surface area contributed by atoms with Crippen LogP contribution in [0, 0.1) is 5.82 Å². The van der Waals surface area contributed by atoms with Crippen molar-refractivity contribution in [2.45, 2.75) is 18.2 Å². The smallest absolute Gasteiger partial charge is 0.207 e. The van der Waals surface area contributed by atoms with Gasteiger partial charge in [0.25, 0.3) is 0 Å². The third-order valence-electron chi connectivity index (χ3n) is 2.33. The van der Waals surface area contributed by atoms with E-state index in [4.69, 9.17) is 11.6 Å². The zero-order valence-electron chi connectivity index (χ0n) is 9.57. The zero-order valence-corrected chi connectivity index (χ0v) is 11.1. The minimum Gasteiger partial charge on any atom is -0.207 e. The van der Waals surface area contributed by atoms with Gasteiger partial charge < -0.3 is 0 Å². The molecule has 3 nitrogen and oxygen atoms in total. The van der Waals surface area contributed by atoms with Gasteiger partial charge in [-0.05, 0) is 24.6 Å². The number of rotatable bonds is 6. The van der Waals surface area contributed by atoms with Crippen molar-refractivity contribution in [2.24, 2.45) is 0 Å². The van der Waals surface area contributed by atoms with Crippen molar-refractivity contribution in [1.29, 1.82) is 0 Å². The fourth-order valence-electron chi connectivity index (χ4n) is 1.46. The summed E-state index contributed by atoms with van der Waals surface area (Å²) in [5.41, 5.74) is 0. The van der Waals surface area contributed by atoms with Crippen molar-refractivity contribution in [3.63, 3.8) is 0 Å². The highest BCUT2D eigenvalue weighted by Gasteiger charge is 2.22. The van der Waals surface area contributed by atoms with Crippen molar-refractivity contribution in [3.05, 3.63) is 30.1 Å². The molecule has 1 aromatic carbocycles. The van der Waals surface area contributed by atoms with Crippen LogP contribution in [0.2, 0.25) is 0 Å². The quantitative estimate of drug-likeness (QED) is 0.750. The number of nitrogens with zero attached hydrogens (tertiary/aromatic N) is 1. The van der Waals surface area contributed by atoms with Gasteiger partial charge in [-0.2, -0.15) is 4.31 Å². The molecule has 17 heavy (non-hydrogen) atoms. The summed E-state index contributed by atoms with van der Waals surface area (Å²) in [6.45, 7) is 2.43. The second-order valence-corrected chi connectivity index (χ2v) is 5.81. The Morgan fingerprint density at radius 2 is 2.12 bits per heavy atom. The first-order valence-corrected chi connectivity index (χ1v) is 7.31. The number of sulfonamides is 1. The minimum absolute atomic E-state index is 0.0195. The zero-order chi connectivity index (χ0) is 12.9. The van der Waals surface area contributed by atoms with Crippen LogP contribution in [0.1, 0.15) is 13.3 Å². The van der Waals surface area contributed by atoms with Crippen molar-refractivity contribution >= 4 is 21.6 Å². The minimum atomic E-state index is -3.61. The molecular formula is C11H15ClFNO2S. The van der Waals surface area contributed by atoms with E-state index in [1.165, 1.54) is 22.5 Å². The van der Waals surface area contributed by atoms with Gasteiger partial charge in [-0.15, -0.1) is 11.6 Å². The molecule has 0 aliphatic heterocycles. The maximum atomic E-state index is 13.0. The van der Waals surface area contributed by atoms with Gasteiger partial charge in [0.05, 0.1) is 4.90 Å². The molecule has 0 saturated heterocycles. The third kappa shape index (κ3) is 3.66. The van der Waals surface area contributed by atoms with Gasteiger partial charge in [-0.3, -0.25) is 0 Å². The summed E-state index contributed by atoms with van der Waals surface area (Å²) in [5.74, 6) is -0.158. The van der Waals surface area contributed by atoms with E-state index in [-0.39, 0.29) is 4.90 Å². The Labute approximate surface area is 106 Å². The van der Waals surface area contributed by atoms with Crippen LogP contribution in [-0.4, -0.2) is 31.7 Å². The van der Waals surface area contributed by atoms with Crippen molar-refractivity contribution in [3.8, 4) is 0 Å². The van der Waals surface area contributed by atoms with Crippen LogP contribution < -0.4 is 0 Å². The molecule has 0 heterocycles. The summed E-state index contributed by atoms with van der Waals surface area (Å²) in [6, 6.07) is 5.02. The summed E-state index contributed by atoms with van der Waals surface area (Å²) >= 11 is 5.54. The average Bonchev–Trinajstić information content (AvgIpc) is 2.30. The predicted octanol–water partition coefficient (Wildman–Crippen LogP) is 2.47. The fourth-order valence-corrected chi connectivity index (χ4v) is 3.10. The van der Waals surface area contributed by atoms with Gasteiger partial charge in [0.1, 0.15) is 5.82 Å². The lowest BCUT2D eigenvalue weighted by atomic mass is 10.4. The summed E-state index contributed by atoms with van der Waals surface area (Å²) in [7, 11) is -3.61. The first kappa shape index (κ1) is 14.4. The molecule has 0 bridgehead atoms. The van der Waals surface area contributed by atoms with Crippen molar-refractivity contribution in [2.75, 3.05) is 19.0 Å². The first-order chi connectivity index (χ1) is 8.02. The Kier molecular flexibility index (Phi) is 5.36. The molecule has 0 aliphatic carbocycles. The Morgan fingerprint density at radius 3 is 2.65 bits per heavy atom. The Bertz CT molecular complexity index is 464. The lowest BCUT2D eigenvalue weighted by Crippen LogP contribution is -2.32. The first-order valence-electron chi connectivity index (χ1n) is 5.34. The number of hydrogen-bond donors (Lipinski definition) is 0. The molecule has 0 aromatic heterocycles. The normalized spacial score (nSPS) is 12.0. The molecule has 96 valence electrons. The molecule has 1 aromatic rings. The summed E-state index contributed by atoms with van der Waals surface area (Å²) in [4.78, 5) is -0.0195. The molecule has 0 radical (unpaired) electrons. The van der Waals surface area contributed by atoms with E-state index in [2.05, 4.69) is 0 Å². The van der Waals surface area contributed by atoms with Gasteiger partial charge in [0, 0.05) is 19.0 Å². The largest absolute Gasteiger partial charge is 0.243 e. The van der Waals surface area contributed by atoms with Crippen LogP contribution in [0.3, 0.4) is 0 Å². The van der Waals surface area contributed by atoms with E-state index in [0.717, 1.165) is 6.07 Å². The van der Waals surface area contributed by atoms with Crippen LogP contribution in [0.25, 0.3) is 0 Å². The monoisotopic (exact) mass is 279 g/mol. The average molecular weight is 280 g/mol. The maximum Gasteiger partial charge on any atom is 0.243 e. The number of hydrogen-bond acceptors (Lipinski definition) is 2. The van der Waals surface area contributed by atoms with Crippen LogP contribution in [0.5, 0.6) is 0 Å². The summed E-state index contributed by atoms with van der Waals surface area (Å²) < 4.78 is 38.6. The SMILES string of the molecule is CCN(CCCCl)S(=O)(=O)c1cccc(F)c1. The van der Waals surface area contributed by atoms with E-state index < -0.39 is 15.8 Å². The van der Waals surface area contributed by atoms with Crippen LogP contribution >= 0.6 is 11.6 Å². The topological polar surface area (TPSA) is 37.4 Å². The summed E-state index contributed by atoms with van der Waals surface area (Å²) in [5, 5.41) is 0. The van der Waals surface area contributed by atoms with Crippen LogP contribution in [0.15, 0.2) is 29.2 Å². The van der Waals surface area contributed by atoms with Crippen molar-refractivity contribution < 1.29 is 12.8 Å². The molecule has 0 atom stereocenters. The Hall–Kier alpha value is -0.650. The fraction of sp³-hybridized carbons (Fsp3) is 0.455. The maximum absolute atomic E-state index is 13.0. The highest BCUT2D eigenvalue weighted by molar-refractivity contribution is 7.89. The van der Waals surface area contributed by atoms with E-state index in [1.54, 1.807) is 6.92 Å². The van der Waals surface area contributed by atoms with E-state index in [9.17, 15) is 12.8 Å². The second kappa shape index (κ2) is 6.33. The molecule has 0 amide bonds. The third-order valence-corrected chi connectivity index (χ3v) is 4.57. The number of alkyl halides is 1. The van der Waals surface area contributed by atoms with E-state index in [0.29, 0.717) is 25.4 Å². The molecule has 6 heteroatoms. The second-order valence-electron chi connectivity index (χ2n) is 3.50. The standard InChI is InChI=1S/C11H15ClFNO2S/c1-2-14(8-4-7-12)17(15,16)11-6-3-5-10(13)9-11/h3,5-6,9H,2,4,7-8H2,1H3. The van der Waals surface area contributed by atoms with Gasteiger partial charge in [0.15, 0.2) is 0 Å². The molecule has 0 N–H and O–H groups in total. The molecular weight excluding hydrogens is 265 g/mol.